The van der Waals surface area contributed by atoms with Crippen LogP contribution < -0.4 is 0 Å². The van der Waals surface area contributed by atoms with E-state index in [1.165, 1.54) is 6.42 Å². The highest BCUT2D eigenvalue weighted by Crippen LogP contribution is 2.36. The first-order valence-corrected chi connectivity index (χ1v) is 7.12. The van der Waals surface area contributed by atoms with Gasteiger partial charge in [0, 0.05) is 12.5 Å². The summed E-state index contributed by atoms with van der Waals surface area (Å²) in [6, 6.07) is 0. The molecule has 0 amide bonds. The van der Waals surface area contributed by atoms with Crippen LogP contribution >= 0.6 is 0 Å². The minimum atomic E-state index is -0.556. The van der Waals surface area contributed by atoms with E-state index in [4.69, 9.17) is 4.74 Å². The van der Waals surface area contributed by atoms with Gasteiger partial charge in [-0.15, -0.1) is 0 Å². The first-order valence-electron chi connectivity index (χ1n) is 7.12. The molecule has 0 aromatic rings. The molecule has 4 unspecified atom stereocenters. The number of rotatable bonds is 5. The summed E-state index contributed by atoms with van der Waals surface area (Å²) in [4.78, 5) is 12.6. The van der Waals surface area contributed by atoms with Gasteiger partial charge < -0.3 is 4.74 Å². The Hall–Kier alpha value is -0.370. The summed E-state index contributed by atoms with van der Waals surface area (Å²) in [5.41, 5.74) is -0.556. The zero-order chi connectivity index (χ0) is 13.1. The van der Waals surface area contributed by atoms with Crippen LogP contribution in [0.3, 0.4) is 0 Å². The fourth-order valence-electron chi connectivity index (χ4n) is 2.88. The lowest BCUT2D eigenvalue weighted by molar-refractivity contribution is -0.148. The molecule has 0 N–H and O–H groups in total. The summed E-state index contributed by atoms with van der Waals surface area (Å²) in [6.07, 6.45) is 4.05. The predicted molar refractivity (Wildman–Crippen MR) is 71.0 cm³/mol. The molecule has 2 heteroatoms. The van der Waals surface area contributed by atoms with Crippen molar-refractivity contribution in [1.82, 2.24) is 0 Å². The first-order chi connectivity index (χ1) is 7.94. The molecule has 0 saturated heterocycles. The van der Waals surface area contributed by atoms with Crippen LogP contribution in [0, 0.1) is 17.8 Å². The Kier molecular flexibility index (Phi) is 5.18. The maximum atomic E-state index is 12.6. The molecular formula is C15H28O2. The van der Waals surface area contributed by atoms with Crippen molar-refractivity contribution in [3.63, 3.8) is 0 Å². The zero-order valence-corrected chi connectivity index (χ0v) is 12.1. The SMILES string of the molecule is CCOC(C)(CC)C(=O)C1CCC(C)C(C)C1. The molecule has 0 aromatic carbocycles. The molecule has 4 atom stereocenters. The Morgan fingerprint density at radius 2 is 1.88 bits per heavy atom. The zero-order valence-electron chi connectivity index (χ0n) is 12.1. The summed E-state index contributed by atoms with van der Waals surface area (Å²) < 4.78 is 5.71. The third-order valence-electron chi connectivity index (χ3n) is 4.63. The van der Waals surface area contributed by atoms with Gasteiger partial charge in [0.25, 0.3) is 0 Å². The number of hydrogen-bond acceptors (Lipinski definition) is 2. The van der Waals surface area contributed by atoms with Crippen LogP contribution in [0.1, 0.15) is 60.3 Å². The Balaban J connectivity index is 2.69. The molecule has 2 nitrogen and oxygen atoms in total. The van der Waals surface area contributed by atoms with Gasteiger partial charge in [0.1, 0.15) is 5.60 Å². The van der Waals surface area contributed by atoms with Gasteiger partial charge in [-0.3, -0.25) is 4.79 Å². The van der Waals surface area contributed by atoms with Crippen LogP contribution in [0.4, 0.5) is 0 Å². The van der Waals surface area contributed by atoms with E-state index in [0.29, 0.717) is 18.3 Å². The molecule has 0 bridgehead atoms. The van der Waals surface area contributed by atoms with Crippen molar-refractivity contribution in [2.24, 2.45) is 17.8 Å². The van der Waals surface area contributed by atoms with Crippen LogP contribution in [0.5, 0.6) is 0 Å². The van der Waals surface area contributed by atoms with E-state index < -0.39 is 5.60 Å². The van der Waals surface area contributed by atoms with Gasteiger partial charge in [-0.05, 0) is 51.4 Å². The predicted octanol–water partition coefficient (Wildman–Crippen LogP) is 3.83. The van der Waals surface area contributed by atoms with Crippen molar-refractivity contribution in [2.45, 2.75) is 65.9 Å². The highest BCUT2D eigenvalue weighted by Gasteiger charge is 2.39. The van der Waals surface area contributed by atoms with E-state index in [-0.39, 0.29) is 5.92 Å². The maximum Gasteiger partial charge on any atom is 0.167 e. The number of ketones is 1. The van der Waals surface area contributed by atoms with E-state index >= 15 is 0 Å². The second-order valence-corrected chi connectivity index (χ2v) is 5.85. The maximum absolute atomic E-state index is 12.6. The van der Waals surface area contributed by atoms with Crippen LogP contribution in [-0.2, 0) is 9.53 Å². The third kappa shape index (κ3) is 3.31. The van der Waals surface area contributed by atoms with E-state index in [0.717, 1.165) is 25.2 Å². The molecule has 1 aliphatic carbocycles. The fourth-order valence-corrected chi connectivity index (χ4v) is 2.88. The number of Topliss-reactive ketones (excluding diaryl/α,β-unsaturated/α-hetero) is 1. The molecule has 0 radical (unpaired) electrons. The molecule has 17 heavy (non-hydrogen) atoms. The molecule has 0 aromatic heterocycles. The van der Waals surface area contributed by atoms with E-state index in [9.17, 15) is 4.79 Å². The largest absolute Gasteiger partial charge is 0.368 e. The Morgan fingerprint density at radius 1 is 1.24 bits per heavy atom. The van der Waals surface area contributed by atoms with Crippen molar-refractivity contribution in [3.05, 3.63) is 0 Å². The molecule has 0 spiro atoms. The summed E-state index contributed by atoms with van der Waals surface area (Å²) in [6.45, 7) is 11.2. The highest BCUT2D eigenvalue weighted by atomic mass is 16.5. The van der Waals surface area contributed by atoms with Crippen molar-refractivity contribution in [1.29, 1.82) is 0 Å². The summed E-state index contributed by atoms with van der Waals surface area (Å²) in [5.74, 6) is 1.98. The number of carbonyl (C=O) groups excluding carboxylic acids is 1. The standard InChI is InChI=1S/C15H28O2/c1-6-15(5,17-7-2)14(16)13-9-8-11(3)12(4)10-13/h11-13H,6-10H2,1-5H3. The smallest absolute Gasteiger partial charge is 0.167 e. The lowest BCUT2D eigenvalue weighted by Gasteiger charge is -2.36. The lowest BCUT2D eigenvalue weighted by atomic mass is 9.71. The number of ether oxygens (including phenoxy) is 1. The minimum absolute atomic E-state index is 0.220. The van der Waals surface area contributed by atoms with Crippen LogP contribution in [0.25, 0.3) is 0 Å². The van der Waals surface area contributed by atoms with Gasteiger partial charge in [0.2, 0.25) is 0 Å². The van der Waals surface area contributed by atoms with Gasteiger partial charge in [-0.1, -0.05) is 20.8 Å². The van der Waals surface area contributed by atoms with Gasteiger partial charge in [0.05, 0.1) is 0 Å². The van der Waals surface area contributed by atoms with Gasteiger partial charge in [-0.2, -0.15) is 0 Å². The quantitative estimate of drug-likeness (QED) is 0.730. The molecule has 1 rings (SSSR count). The third-order valence-corrected chi connectivity index (χ3v) is 4.63. The summed E-state index contributed by atoms with van der Waals surface area (Å²) in [7, 11) is 0. The van der Waals surface area contributed by atoms with Crippen molar-refractivity contribution in [2.75, 3.05) is 6.61 Å². The van der Waals surface area contributed by atoms with Crippen molar-refractivity contribution in [3.8, 4) is 0 Å². The molecule has 1 aliphatic rings. The first kappa shape index (κ1) is 14.7. The molecule has 0 heterocycles. The molecule has 100 valence electrons. The van der Waals surface area contributed by atoms with Crippen LogP contribution in [-0.4, -0.2) is 18.0 Å². The molecular weight excluding hydrogens is 212 g/mol. The molecule has 0 aliphatic heterocycles. The van der Waals surface area contributed by atoms with E-state index in [1.54, 1.807) is 0 Å². The Morgan fingerprint density at radius 3 is 2.35 bits per heavy atom. The van der Waals surface area contributed by atoms with Crippen LogP contribution in [0.15, 0.2) is 0 Å². The van der Waals surface area contributed by atoms with Crippen molar-refractivity contribution >= 4 is 5.78 Å². The van der Waals surface area contributed by atoms with Gasteiger partial charge in [-0.25, -0.2) is 0 Å². The second kappa shape index (κ2) is 5.99. The summed E-state index contributed by atoms with van der Waals surface area (Å²) in [5, 5.41) is 0. The fraction of sp³-hybridized carbons (Fsp3) is 0.933. The topological polar surface area (TPSA) is 26.3 Å². The average molecular weight is 240 g/mol. The minimum Gasteiger partial charge on any atom is -0.368 e. The van der Waals surface area contributed by atoms with Gasteiger partial charge in [0.15, 0.2) is 5.78 Å². The Bertz CT molecular complexity index is 262. The van der Waals surface area contributed by atoms with Crippen molar-refractivity contribution < 1.29 is 9.53 Å². The van der Waals surface area contributed by atoms with Gasteiger partial charge >= 0.3 is 0 Å². The van der Waals surface area contributed by atoms with Crippen LogP contribution in [0.2, 0.25) is 0 Å². The normalized spacial score (nSPS) is 33.1. The summed E-state index contributed by atoms with van der Waals surface area (Å²) >= 11 is 0. The molecule has 1 saturated carbocycles. The van der Waals surface area contributed by atoms with E-state index in [1.807, 2.05) is 20.8 Å². The molecule has 1 fully saturated rings. The van der Waals surface area contributed by atoms with E-state index in [2.05, 4.69) is 13.8 Å². The average Bonchev–Trinajstić information content (AvgIpc) is 2.32. The Labute approximate surface area is 106 Å². The lowest BCUT2D eigenvalue weighted by Crippen LogP contribution is -2.44. The number of hydrogen-bond donors (Lipinski definition) is 0. The number of carbonyl (C=O) groups is 1. The second-order valence-electron chi connectivity index (χ2n) is 5.85. The highest BCUT2D eigenvalue weighted by molar-refractivity contribution is 5.89. The monoisotopic (exact) mass is 240 g/mol.